The van der Waals surface area contributed by atoms with Crippen LogP contribution >= 0.6 is 0 Å². The molecule has 2 heterocycles. The van der Waals surface area contributed by atoms with E-state index in [2.05, 4.69) is 5.32 Å². The van der Waals surface area contributed by atoms with Crippen molar-refractivity contribution in [3.63, 3.8) is 0 Å². The average molecular weight is 208 g/mol. The molecule has 2 fully saturated rings. The van der Waals surface area contributed by atoms with E-state index in [1.807, 2.05) is 4.90 Å². The van der Waals surface area contributed by atoms with Gasteiger partial charge >= 0.3 is 6.18 Å². The zero-order chi connectivity index (χ0) is 10.3. The molecule has 0 radical (unpaired) electrons. The Morgan fingerprint density at radius 2 is 1.93 bits per heavy atom. The lowest BCUT2D eigenvalue weighted by atomic mass is 10.0. The monoisotopic (exact) mass is 208 g/mol. The van der Waals surface area contributed by atoms with Gasteiger partial charge in [0.1, 0.15) is 0 Å². The summed E-state index contributed by atoms with van der Waals surface area (Å²) in [5, 5.41) is 3.09. The van der Waals surface area contributed by atoms with Gasteiger partial charge in [0, 0.05) is 25.2 Å². The van der Waals surface area contributed by atoms with Crippen LogP contribution in [0.1, 0.15) is 13.3 Å². The smallest absolute Gasteiger partial charge is 0.314 e. The Labute approximate surface area is 81.5 Å². The quantitative estimate of drug-likeness (QED) is 0.697. The molecule has 2 nitrogen and oxygen atoms in total. The van der Waals surface area contributed by atoms with Crippen LogP contribution in [0.5, 0.6) is 0 Å². The largest absolute Gasteiger partial charge is 0.393 e. The van der Waals surface area contributed by atoms with E-state index < -0.39 is 12.1 Å². The lowest BCUT2D eigenvalue weighted by Gasteiger charge is -2.39. The number of hydrogen-bond donors (Lipinski definition) is 1. The van der Waals surface area contributed by atoms with Crippen molar-refractivity contribution in [3.05, 3.63) is 0 Å². The van der Waals surface area contributed by atoms with E-state index in [0.717, 1.165) is 13.1 Å². The molecule has 14 heavy (non-hydrogen) atoms. The van der Waals surface area contributed by atoms with Crippen molar-refractivity contribution in [1.29, 1.82) is 0 Å². The minimum absolute atomic E-state index is 0.265. The molecule has 2 saturated heterocycles. The summed E-state index contributed by atoms with van der Waals surface area (Å²) in [5.74, 6) is -1.12. The normalized spacial score (nSPS) is 36.0. The van der Waals surface area contributed by atoms with Gasteiger partial charge in [0.15, 0.2) is 0 Å². The molecule has 0 amide bonds. The maximum absolute atomic E-state index is 12.5. The van der Waals surface area contributed by atoms with Gasteiger partial charge in [0.2, 0.25) is 0 Å². The van der Waals surface area contributed by atoms with Crippen molar-refractivity contribution in [1.82, 2.24) is 10.2 Å². The highest BCUT2D eigenvalue weighted by atomic mass is 19.4. The first-order valence-electron chi connectivity index (χ1n) is 5.03. The fourth-order valence-electron chi connectivity index (χ4n) is 2.42. The number of hydrogen-bond acceptors (Lipinski definition) is 2. The molecule has 1 N–H and O–H groups in total. The lowest BCUT2D eigenvalue weighted by molar-refractivity contribution is -0.179. The summed E-state index contributed by atoms with van der Waals surface area (Å²) in [7, 11) is 0. The maximum atomic E-state index is 12.5. The summed E-state index contributed by atoms with van der Waals surface area (Å²) in [6.07, 6.45) is -3.76. The number of nitrogens with one attached hydrogen (secondary N) is 1. The van der Waals surface area contributed by atoms with Crippen molar-refractivity contribution >= 4 is 0 Å². The van der Waals surface area contributed by atoms with Crippen LogP contribution in [0.4, 0.5) is 13.2 Å². The Bertz CT molecular complexity index is 213. The van der Waals surface area contributed by atoms with Crippen LogP contribution < -0.4 is 5.32 Å². The van der Waals surface area contributed by atoms with Gasteiger partial charge in [-0.15, -0.1) is 0 Å². The van der Waals surface area contributed by atoms with E-state index >= 15 is 0 Å². The first-order chi connectivity index (χ1) is 6.50. The van der Waals surface area contributed by atoms with Crippen molar-refractivity contribution in [2.45, 2.75) is 31.6 Å². The van der Waals surface area contributed by atoms with Crippen LogP contribution in [-0.2, 0) is 0 Å². The van der Waals surface area contributed by atoms with Gasteiger partial charge in [-0.3, -0.25) is 4.90 Å². The Kier molecular flexibility index (Phi) is 2.47. The van der Waals surface area contributed by atoms with E-state index in [4.69, 9.17) is 0 Å². The van der Waals surface area contributed by atoms with Gasteiger partial charge < -0.3 is 5.32 Å². The Morgan fingerprint density at radius 3 is 2.29 bits per heavy atom. The first kappa shape index (κ1) is 10.2. The predicted molar refractivity (Wildman–Crippen MR) is 47.0 cm³/mol. The number of rotatable bonds is 1. The topological polar surface area (TPSA) is 15.3 Å². The molecule has 2 rings (SSSR count). The highest BCUT2D eigenvalue weighted by molar-refractivity contribution is 4.95. The molecule has 0 spiro atoms. The van der Waals surface area contributed by atoms with Crippen LogP contribution in [0.25, 0.3) is 0 Å². The molecule has 2 atom stereocenters. The lowest BCUT2D eigenvalue weighted by Crippen LogP contribution is -2.58. The van der Waals surface area contributed by atoms with E-state index in [1.54, 1.807) is 6.92 Å². The van der Waals surface area contributed by atoms with Gasteiger partial charge in [-0.2, -0.15) is 13.2 Å². The molecule has 0 aromatic carbocycles. The molecular formula is C9H15F3N2. The third kappa shape index (κ3) is 1.63. The molecule has 0 saturated carbocycles. The molecular weight excluding hydrogens is 193 g/mol. The van der Waals surface area contributed by atoms with Crippen molar-refractivity contribution in [2.24, 2.45) is 5.92 Å². The fourth-order valence-corrected chi connectivity index (χ4v) is 2.42. The third-order valence-electron chi connectivity index (χ3n) is 3.45. The molecule has 5 heteroatoms. The van der Waals surface area contributed by atoms with Crippen LogP contribution in [0.15, 0.2) is 0 Å². The fraction of sp³-hybridized carbons (Fsp3) is 1.00. The van der Waals surface area contributed by atoms with Crippen molar-refractivity contribution in [3.8, 4) is 0 Å². The minimum Gasteiger partial charge on any atom is -0.314 e. The van der Waals surface area contributed by atoms with E-state index in [1.165, 1.54) is 0 Å². The van der Waals surface area contributed by atoms with Crippen LogP contribution in [0, 0.1) is 5.92 Å². The second-order valence-corrected chi connectivity index (χ2v) is 4.23. The Balaban J connectivity index is 1.99. The molecule has 2 aliphatic heterocycles. The van der Waals surface area contributed by atoms with Crippen LogP contribution in [0.2, 0.25) is 0 Å². The SMILES string of the molecule is CC1C(C(F)(F)F)CCN1C1CNC1. The summed E-state index contributed by atoms with van der Waals surface area (Å²) in [6.45, 7) is 3.98. The highest BCUT2D eigenvalue weighted by Crippen LogP contribution is 2.39. The van der Waals surface area contributed by atoms with Crippen LogP contribution in [0.3, 0.4) is 0 Å². The van der Waals surface area contributed by atoms with Gasteiger partial charge in [0.05, 0.1) is 5.92 Å². The molecule has 2 unspecified atom stereocenters. The second kappa shape index (κ2) is 3.38. The average Bonchev–Trinajstić information content (AvgIpc) is 2.28. The van der Waals surface area contributed by atoms with E-state index in [-0.39, 0.29) is 12.5 Å². The third-order valence-corrected chi connectivity index (χ3v) is 3.45. The van der Waals surface area contributed by atoms with Gasteiger partial charge in [0.25, 0.3) is 0 Å². The zero-order valence-electron chi connectivity index (χ0n) is 8.14. The van der Waals surface area contributed by atoms with Gasteiger partial charge in [-0.05, 0) is 19.9 Å². The van der Waals surface area contributed by atoms with Gasteiger partial charge in [-0.25, -0.2) is 0 Å². The minimum atomic E-state index is -4.02. The predicted octanol–water partition coefficient (Wildman–Crippen LogP) is 1.23. The zero-order valence-corrected chi connectivity index (χ0v) is 8.14. The van der Waals surface area contributed by atoms with E-state index in [9.17, 15) is 13.2 Å². The highest BCUT2D eigenvalue weighted by Gasteiger charge is 2.50. The number of halogens is 3. The molecule has 2 aliphatic rings. The van der Waals surface area contributed by atoms with E-state index in [0.29, 0.717) is 12.6 Å². The number of alkyl halides is 3. The standard InChI is InChI=1S/C9H15F3N2/c1-6-8(9(10,11)12)2-3-14(6)7-4-13-5-7/h6-8,13H,2-5H2,1H3. The maximum Gasteiger partial charge on any atom is 0.393 e. The summed E-state index contributed by atoms with van der Waals surface area (Å²) in [4.78, 5) is 1.99. The summed E-state index contributed by atoms with van der Waals surface area (Å²) < 4.78 is 37.6. The molecule has 0 aromatic rings. The number of nitrogens with zero attached hydrogens (tertiary/aromatic N) is 1. The van der Waals surface area contributed by atoms with Crippen LogP contribution in [-0.4, -0.2) is 42.8 Å². The summed E-state index contributed by atoms with van der Waals surface area (Å²) >= 11 is 0. The summed E-state index contributed by atoms with van der Waals surface area (Å²) in [6, 6.07) is -0.0144. The second-order valence-electron chi connectivity index (χ2n) is 4.23. The Morgan fingerprint density at radius 1 is 1.29 bits per heavy atom. The molecule has 0 bridgehead atoms. The molecule has 0 aliphatic carbocycles. The number of likely N-dealkylation sites (tertiary alicyclic amines) is 1. The van der Waals surface area contributed by atoms with Gasteiger partial charge in [-0.1, -0.05) is 0 Å². The molecule has 82 valence electrons. The first-order valence-corrected chi connectivity index (χ1v) is 5.03. The Hall–Kier alpha value is -0.290. The van der Waals surface area contributed by atoms with Crippen molar-refractivity contribution < 1.29 is 13.2 Å². The molecule has 0 aromatic heterocycles. The van der Waals surface area contributed by atoms with Crippen molar-refractivity contribution in [2.75, 3.05) is 19.6 Å². The summed E-state index contributed by atoms with van der Waals surface area (Å²) in [5.41, 5.74) is 0.